The van der Waals surface area contributed by atoms with Crippen LogP contribution in [0.25, 0.3) is 27.5 Å². The molecule has 6 aromatic carbocycles. The van der Waals surface area contributed by atoms with E-state index in [0.717, 1.165) is 22.9 Å². The Morgan fingerprint density at radius 2 is 1.20 bits per heavy atom. The van der Waals surface area contributed by atoms with Crippen molar-refractivity contribution in [3.8, 4) is 17.2 Å². The number of hydrogen-bond donors (Lipinski definition) is 0. The van der Waals surface area contributed by atoms with E-state index in [1.165, 1.54) is 55.1 Å². The van der Waals surface area contributed by atoms with Gasteiger partial charge in [-0.15, -0.1) is 0 Å². The Kier molecular flexibility index (Phi) is 4.62. The Balaban J connectivity index is 1.30. The average Bonchev–Trinajstić information content (AvgIpc) is 3.36. The molecule has 0 bridgehead atoms. The van der Waals surface area contributed by atoms with E-state index in [1.54, 1.807) is 0 Å². The molecule has 4 heteroatoms. The second kappa shape index (κ2) is 8.39. The molecule has 0 atom stereocenters. The van der Waals surface area contributed by atoms with Crippen molar-refractivity contribution in [2.75, 3.05) is 4.90 Å². The summed E-state index contributed by atoms with van der Waals surface area (Å²) < 4.78 is 9.20. The van der Waals surface area contributed by atoms with E-state index in [-0.39, 0.29) is 6.71 Å². The normalized spacial score (nSPS) is 13.1. The van der Waals surface area contributed by atoms with Gasteiger partial charge >= 0.3 is 0 Å². The molecule has 2 aliphatic heterocycles. The summed E-state index contributed by atoms with van der Waals surface area (Å²) in [5, 5.41) is 2.52. The minimum Gasteiger partial charge on any atom is -0.458 e. The van der Waals surface area contributed by atoms with Gasteiger partial charge in [-0.3, -0.25) is 0 Å². The molecule has 0 unspecified atom stereocenters. The monoisotopic (exact) mass is 524 g/mol. The Labute approximate surface area is 238 Å². The molecule has 7 aromatic rings. The number of benzene rings is 6. The van der Waals surface area contributed by atoms with Crippen LogP contribution in [0.2, 0.25) is 0 Å². The summed E-state index contributed by atoms with van der Waals surface area (Å²) in [6.45, 7) is 2.33. The van der Waals surface area contributed by atoms with Crippen molar-refractivity contribution in [3.63, 3.8) is 0 Å². The zero-order valence-electron chi connectivity index (χ0n) is 22.6. The first-order chi connectivity index (χ1) is 20.3. The Bertz CT molecular complexity index is 2110. The number of aromatic nitrogens is 1. The van der Waals surface area contributed by atoms with Gasteiger partial charge in [0.2, 0.25) is 0 Å². The fraction of sp³-hybridized carbons (Fsp3) is 0.0270. The van der Waals surface area contributed by atoms with Crippen molar-refractivity contribution < 1.29 is 4.74 Å². The van der Waals surface area contributed by atoms with E-state index in [0.29, 0.717) is 0 Å². The van der Waals surface area contributed by atoms with Crippen molar-refractivity contribution in [2.45, 2.75) is 6.92 Å². The molecule has 192 valence electrons. The first-order valence-corrected chi connectivity index (χ1v) is 14.2. The van der Waals surface area contributed by atoms with Gasteiger partial charge in [0.1, 0.15) is 11.5 Å². The maximum Gasteiger partial charge on any atom is 0.256 e. The van der Waals surface area contributed by atoms with Crippen molar-refractivity contribution in [1.82, 2.24) is 4.57 Å². The van der Waals surface area contributed by atoms with E-state index in [1.807, 2.05) is 0 Å². The molecule has 0 aliphatic carbocycles. The summed E-state index contributed by atoms with van der Waals surface area (Å²) in [5.74, 6) is 1.86. The van der Waals surface area contributed by atoms with E-state index < -0.39 is 0 Å². The molecular weight excluding hydrogens is 499 g/mol. The molecule has 0 spiro atoms. The van der Waals surface area contributed by atoms with Gasteiger partial charge < -0.3 is 14.2 Å². The largest absolute Gasteiger partial charge is 0.458 e. The first kappa shape index (κ1) is 22.6. The summed E-state index contributed by atoms with van der Waals surface area (Å²) in [7, 11) is 0. The SMILES string of the molecule is Cc1cc(-n2c3ccccc3c3ccccc32)cc2c1B1c3ccccc3N(c3ccccc3)c3cccc(c31)O2. The molecule has 9 rings (SSSR count). The van der Waals surface area contributed by atoms with Gasteiger partial charge in [0, 0.05) is 33.9 Å². The number of fused-ring (bicyclic) bond motifs is 7. The Morgan fingerprint density at radius 3 is 1.98 bits per heavy atom. The summed E-state index contributed by atoms with van der Waals surface area (Å²) >= 11 is 0. The minimum absolute atomic E-state index is 0.0910. The van der Waals surface area contributed by atoms with E-state index in [4.69, 9.17) is 4.74 Å². The van der Waals surface area contributed by atoms with Crippen LogP contribution in [0.4, 0.5) is 17.1 Å². The van der Waals surface area contributed by atoms with Gasteiger partial charge in [0.15, 0.2) is 0 Å². The van der Waals surface area contributed by atoms with E-state index in [9.17, 15) is 0 Å². The Morgan fingerprint density at radius 1 is 0.537 bits per heavy atom. The standard InChI is InChI=1S/C37H25BN2O/c1-24-22-26(40-30-17-8-5-14-27(30)28-15-6-9-18-31(28)40)23-35-36(24)38-29-16-7-10-19-32(29)39(25-12-3-2-4-13-25)33-20-11-21-34(41-35)37(33)38/h2-23H,1H3. The highest BCUT2D eigenvalue weighted by Crippen LogP contribution is 2.41. The molecule has 0 amide bonds. The summed E-state index contributed by atoms with van der Waals surface area (Å²) in [6, 6.07) is 47.8. The van der Waals surface area contributed by atoms with Crippen LogP contribution in [0.1, 0.15) is 5.56 Å². The van der Waals surface area contributed by atoms with Gasteiger partial charge in [-0.25, -0.2) is 0 Å². The van der Waals surface area contributed by atoms with Gasteiger partial charge in [-0.1, -0.05) is 84.4 Å². The molecule has 0 radical (unpaired) electrons. The summed E-state index contributed by atoms with van der Waals surface area (Å²) in [5.41, 5.74) is 12.1. The van der Waals surface area contributed by atoms with Crippen molar-refractivity contribution in [1.29, 1.82) is 0 Å². The average molecular weight is 524 g/mol. The molecule has 41 heavy (non-hydrogen) atoms. The maximum absolute atomic E-state index is 6.83. The van der Waals surface area contributed by atoms with Crippen molar-refractivity contribution >= 4 is 62.0 Å². The van der Waals surface area contributed by atoms with Crippen molar-refractivity contribution in [3.05, 3.63) is 139 Å². The maximum atomic E-state index is 6.83. The second-order valence-corrected chi connectivity index (χ2v) is 11.0. The molecule has 0 fully saturated rings. The quantitative estimate of drug-likeness (QED) is 0.218. The van der Waals surface area contributed by atoms with Gasteiger partial charge in [-0.05, 0) is 71.8 Å². The van der Waals surface area contributed by atoms with Crippen LogP contribution in [0.3, 0.4) is 0 Å². The van der Waals surface area contributed by atoms with Crippen molar-refractivity contribution in [2.24, 2.45) is 0 Å². The van der Waals surface area contributed by atoms with E-state index >= 15 is 0 Å². The van der Waals surface area contributed by atoms with Crippen LogP contribution in [0.15, 0.2) is 133 Å². The number of para-hydroxylation sites is 4. The molecule has 3 heterocycles. The molecule has 3 nitrogen and oxygen atoms in total. The van der Waals surface area contributed by atoms with Crippen LogP contribution in [-0.2, 0) is 0 Å². The predicted octanol–water partition coefficient (Wildman–Crippen LogP) is 7.50. The lowest BCUT2D eigenvalue weighted by Gasteiger charge is -2.40. The number of ether oxygens (including phenoxy) is 1. The number of rotatable bonds is 2. The van der Waals surface area contributed by atoms with Crippen LogP contribution in [0, 0.1) is 6.92 Å². The third kappa shape index (κ3) is 3.10. The topological polar surface area (TPSA) is 17.4 Å². The lowest BCUT2D eigenvalue weighted by molar-refractivity contribution is 0.487. The van der Waals surface area contributed by atoms with Gasteiger partial charge in [0.05, 0.1) is 16.7 Å². The van der Waals surface area contributed by atoms with Crippen LogP contribution in [-0.4, -0.2) is 11.3 Å². The van der Waals surface area contributed by atoms with Gasteiger partial charge in [0.25, 0.3) is 6.71 Å². The van der Waals surface area contributed by atoms with Crippen LogP contribution in [0.5, 0.6) is 11.5 Å². The molecular formula is C37H25BN2O. The third-order valence-electron chi connectivity index (χ3n) is 8.76. The van der Waals surface area contributed by atoms with Crippen LogP contribution < -0.4 is 26.0 Å². The van der Waals surface area contributed by atoms with E-state index in [2.05, 4.69) is 150 Å². The molecule has 0 saturated carbocycles. The fourth-order valence-corrected chi connectivity index (χ4v) is 7.13. The zero-order valence-corrected chi connectivity index (χ0v) is 22.6. The summed E-state index contributed by atoms with van der Waals surface area (Å²) in [6.07, 6.45) is 0. The highest BCUT2D eigenvalue weighted by Gasteiger charge is 2.42. The first-order valence-electron chi connectivity index (χ1n) is 14.2. The number of aryl methyl sites for hydroxylation is 1. The number of hydrogen-bond acceptors (Lipinski definition) is 2. The lowest BCUT2D eigenvalue weighted by Crippen LogP contribution is -2.60. The zero-order chi connectivity index (χ0) is 27.1. The second-order valence-electron chi connectivity index (χ2n) is 11.0. The highest BCUT2D eigenvalue weighted by molar-refractivity contribution is 6.99. The predicted molar refractivity (Wildman–Crippen MR) is 171 cm³/mol. The minimum atomic E-state index is 0.0910. The molecule has 2 aliphatic rings. The smallest absolute Gasteiger partial charge is 0.256 e. The Hall–Kier alpha value is -5.22. The lowest BCUT2D eigenvalue weighted by atomic mass is 9.33. The van der Waals surface area contributed by atoms with Gasteiger partial charge in [-0.2, -0.15) is 0 Å². The summed E-state index contributed by atoms with van der Waals surface area (Å²) in [4.78, 5) is 2.38. The molecule has 0 N–H and O–H groups in total. The molecule has 0 saturated heterocycles. The number of anilines is 3. The molecule has 1 aromatic heterocycles. The highest BCUT2D eigenvalue weighted by atomic mass is 16.5. The fourth-order valence-electron chi connectivity index (χ4n) is 7.13. The third-order valence-corrected chi connectivity index (χ3v) is 8.76. The number of nitrogens with zero attached hydrogens (tertiary/aromatic N) is 2. The van der Waals surface area contributed by atoms with Crippen LogP contribution >= 0.6 is 0 Å².